The Kier molecular flexibility index (Phi) is 7.30. The number of rotatable bonds is 7. The van der Waals surface area contributed by atoms with Crippen molar-refractivity contribution < 1.29 is 13.5 Å². The minimum atomic E-state index is -0.662. The van der Waals surface area contributed by atoms with Crippen LogP contribution in [-0.4, -0.2) is 7.11 Å². The van der Waals surface area contributed by atoms with E-state index in [2.05, 4.69) is 19.1 Å². The largest absolute Gasteiger partial charge is 0.491 e. The molecule has 2 fully saturated rings. The smallest absolute Gasteiger partial charge is 0.190 e. The van der Waals surface area contributed by atoms with E-state index in [1.165, 1.54) is 89.0 Å². The van der Waals surface area contributed by atoms with E-state index >= 15 is 0 Å². The zero-order valence-corrected chi connectivity index (χ0v) is 19.0. The van der Waals surface area contributed by atoms with Gasteiger partial charge in [0.2, 0.25) is 0 Å². The first-order chi connectivity index (χ1) is 15.1. The molecular formula is C28H36F2O. The molecule has 0 amide bonds. The molecule has 2 aliphatic carbocycles. The number of halogens is 2. The van der Waals surface area contributed by atoms with Crippen molar-refractivity contribution >= 4 is 0 Å². The van der Waals surface area contributed by atoms with Crippen LogP contribution >= 0.6 is 0 Å². The number of hydrogen-bond acceptors (Lipinski definition) is 1. The summed E-state index contributed by atoms with van der Waals surface area (Å²) in [5.74, 6) is 1.75. The molecule has 31 heavy (non-hydrogen) atoms. The first-order valence-corrected chi connectivity index (χ1v) is 12.2. The van der Waals surface area contributed by atoms with E-state index < -0.39 is 11.6 Å². The van der Waals surface area contributed by atoms with Gasteiger partial charge in [-0.05, 0) is 84.6 Å². The van der Waals surface area contributed by atoms with Crippen LogP contribution in [0, 0.1) is 29.4 Å². The topological polar surface area (TPSA) is 9.23 Å². The third-order valence-corrected chi connectivity index (χ3v) is 7.86. The Hall–Kier alpha value is -1.90. The second kappa shape index (κ2) is 10.1. The Morgan fingerprint density at radius 3 is 2.19 bits per heavy atom. The molecule has 0 heterocycles. The zero-order chi connectivity index (χ0) is 21.8. The van der Waals surface area contributed by atoms with Gasteiger partial charge in [-0.25, -0.2) is 8.78 Å². The molecule has 2 aliphatic rings. The van der Waals surface area contributed by atoms with Gasteiger partial charge in [-0.15, -0.1) is 0 Å². The Morgan fingerprint density at radius 1 is 0.839 bits per heavy atom. The normalized spacial score (nSPS) is 25.8. The lowest BCUT2D eigenvalue weighted by atomic mass is 9.63. The van der Waals surface area contributed by atoms with Gasteiger partial charge in [-0.1, -0.05) is 63.3 Å². The third kappa shape index (κ3) is 5.13. The Morgan fingerprint density at radius 2 is 1.52 bits per heavy atom. The molecule has 0 saturated heterocycles. The van der Waals surface area contributed by atoms with Gasteiger partial charge in [0.25, 0.3) is 0 Å². The summed E-state index contributed by atoms with van der Waals surface area (Å²) >= 11 is 0. The molecule has 4 atom stereocenters. The molecule has 3 heteroatoms. The van der Waals surface area contributed by atoms with Crippen molar-refractivity contribution in [2.75, 3.05) is 7.11 Å². The zero-order valence-electron chi connectivity index (χ0n) is 19.0. The van der Waals surface area contributed by atoms with E-state index in [4.69, 9.17) is 4.74 Å². The Bertz CT molecular complexity index is 837. The van der Waals surface area contributed by atoms with Crippen molar-refractivity contribution in [2.24, 2.45) is 17.8 Å². The summed E-state index contributed by atoms with van der Waals surface area (Å²) in [6.45, 7) is 2.29. The second-order valence-electron chi connectivity index (χ2n) is 9.80. The molecule has 0 bridgehead atoms. The highest BCUT2D eigenvalue weighted by molar-refractivity contribution is 5.65. The predicted molar refractivity (Wildman–Crippen MR) is 123 cm³/mol. The van der Waals surface area contributed by atoms with Crippen molar-refractivity contribution in [3.63, 3.8) is 0 Å². The van der Waals surface area contributed by atoms with Crippen molar-refractivity contribution in [3.05, 3.63) is 53.6 Å². The third-order valence-electron chi connectivity index (χ3n) is 7.86. The molecule has 0 N–H and O–H groups in total. The van der Waals surface area contributed by atoms with Crippen LogP contribution in [0.15, 0.2) is 36.4 Å². The SMILES string of the molecule is CCCCCC1CCC2CC(c3ccc(-c4cc(F)c(OC)c(F)c4)cc3)CCC2C1. The van der Waals surface area contributed by atoms with Gasteiger partial charge in [-0.3, -0.25) is 0 Å². The van der Waals surface area contributed by atoms with Crippen LogP contribution in [0.5, 0.6) is 5.75 Å². The first kappa shape index (κ1) is 22.3. The minimum Gasteiger partial charge on any atom is -0.491 e. The molecule has 0 aliphatic heterocycles. The quantitative estimate of drug-likeness (QED) is 0.403. The number of hydrogen-bond donors (Lipinski definition) is 0. The van der Waals surface area contributed by atoms with Gasteiger partial charge in [-0.2, -0.15) is 0 Å². The van der Waals surface area contributed by atoms with Crippen LogP contribution in [-0.2, 0) is 0 Å². The summed E-state index contributed by atoms with van der Waals surface area (Å²) in [5.41, 5.74) is 2.76. The van der Waals surface area contributed by atoms with Crippen LogP contribution in [0.25, 0.3) is 11.1 Å². The lowest BCUT2D eigenvalue weighted by Crippen LogP contribution is -2.30. The van der Waals surface area contributed by atoms with Gasteiger partial charge < -0.3 is 4.74 Å². The average Bonchev–Trinajstić information content (AvgIpc) is 2.79. The Labute approximate surface area is 186 Å². The van der Waals surface area contributed by atoms with Crippen LogP contribution in [0.2, 0.25) is 0 Å². The second-order valence-corrected chi connectivity index (χ2v) is 9.80. The van der Waals surface area contributed by atoms with Crippen molar-refractivity contribution in [1.29, 1.82) is 0 Å². The predicted octanol–water partition coefficient (Wildman–Crippen LogP) is 8.52. The highest BCUT2D eigenvalue weighted by Crippen LogP contribution is 2.48. The van der Waals surface area contributed by atoms with E-state index in [1.54, 1.807) is 0 Å². The summed E-state index contributed by atoms with van der Waals surface area (Å²) in [5, 5.41) is 0. The van der Waals surface area contributed by atoms with Gasteiger partial charge in [0.15, 0.2) is 17.4 Å². The standard InChI is InChI=1S/C28H36F2O/c1-3-4-5-6-19-7-8-24-16-23(14-13-22(24)15-19)20-9-11-21(12-10-20)25-17-26(29)28(31-2)27(30)18-25/h9-12,17-19,22-24H,3-8,13-16H2,1-2H3. The van der Waals surface area contributed by atoms with Gasteiger partial charge in [0.1, 0.15) is 0 Å². The molecule has 0 radical (unpaired) electrons. The summed E-state index contributed by atoms with van der Waals surface area (Å²) < 4.78 is 32.9. The number of methoxy groups -OCH3 is 1. The molecule has 4 rings (SSSR count). The maximum absolute atomic E-state index is 14.1. The van der Waals surface area contributed by atoms with Crippen molar-refractivity contribution in [2.45, 2.75) is 77.0 Å². The van der Waals surface area contributed by atoms with Crippen molar-refractivity contribution in [3.8, 4) is 16.9 Å². The molecule has 2 aromatic carbocycles. The molecule has 2 saturated carbocycles. The van der Waals surface area contributed by atoms with Crippen LogP contribution < -0.4 is 4.74 Å². The number of ether oxygens (including phenoxy) is 1. The maximum Gasteiger partial charge on any atom is 0.190 e. The van der Waals surface area contributed by atoms with E-state index in [-0.39, 0.29) is 5.75 Å². The summed E-state index contributed by atoms with van der Waals surface area (Å²) in [6.07, 6.45) is 13.8. The van der Waals surface area contributed by atoms with Crippen LogP contribution in [0.1, 0.15) is 82.6 Å². The molecule has 168 valence electrons. The maximum atomic E-state index is 14.1. The lowest BCUT2D eigenvalue weighted by molar-refractivity contribution is 0.113. The Balaban J connectivity index is 1.38. The highest BCUT2D eigenvalue weighted by Gasteiger charge is 2.35. The van der Waals surface area contributed by atoms with E-state index in [0.717, 1.165) is 23.3 Å². The van der Waals surface area contributed by atoms with E-state index in [1.807, 2.05) is 12.1 Å². The molecule has 4 unspecified atom stereocenters. The van der Waals surface area contributed by atoms with Gasteiger partial charge in [0, 0.05) is 0 Å². The number of unbranched alkanes of at least 4 members (excludes halogenated alkanes) is 2. The average molecular weight is 427 g/mol. The summed E-state index contributed by atoms with van der Waals surface area (Å²) in [7, 11) is 1.28. The molecule has 0 spiro atoms. The fraction of sp³-hybridized carbons (Fsp3) is 0.571. The van der Waals surface area contributed by atoms with Gasteiger partial charge >= 0.3 is 0 Å². The minimum absolute atomic E-state index is 0.322. The van der Waals surface area contributed by atoms with E-state index in [9.17, 15) is 8.78 Å². The number of benzene rings is 2. The van der Waals surface area contributed by atoms with Gasteiger partial charge in [0.05, 0.1) is 7.11 Å². The first-order valence-electron chi connectivity index (χ1n) is 12.2. The fourth-order valence-electron chi connectivity index (χ4n) is 6.10. The summed E-state index contributed by atoms with van der Waals surface area (Å²) in [4.78, 5) is 0. The monoisotopic (exact) mass is 426 g/mol. The highest BCUT2D eigenvalue weighted by atomic mass is 19.1. The van der Waals surface area contributed by atoms with Crippen LogP contribution in [0.3, 0.4) is 0 Å². The molecule has 1 nitrogen and oxygen atoms in total. The van der Waals surface area contributed by atoms with Crippen LogP contribution in [0.4, 0.5) is 8.78 Å². The van der Waals surface area contributed by atoms with E-state index in [0.29, 0.717) is 11.5 Å². The lowest BCUT2D eigenvalue weighted by Gasteiger charge is -2.42. The molecule has 0 aromatic heterocycles. The molecule has 2 aromatic rings. The van der Waals surface area contributed by atoms with Crippen molar-refractivity contribution in [1.82, 2.24) is 0 Å². The fourth-order valence-corrected chi connectivity index (χ4v) is 6.10. The summed E-state index contributed by atoms with van der Waals surface area (Å²) in [6, 6.07) is 11.0. The number of fused-ring (bicyclic) bond motifs is 1. The molecular weight excluding hydrogens is 390 g/mol.